The van der Waals surface area contributed by atoms with Crippen molar-refractivity contribution in [3.05, 3.63) is 34.3 Å². The van der Waals surface area contributed by atoms with E-state index in [0.29, 0.717) is 19.5 Å². The SMILES string of the molecule is O=C1CC(C(=O)N2CCCC2)CN1Cc1cccc(Br)c1. The van der Waals surface area contributed by atoms with Crippen molar-refractivity contribution in [2.24, 2.45) is 5.92 Å². The molecular formula is C16H19BrN2O2. The van der Waals surface area contributed by atoms with E-state index in [9.17, 15) is 9.59 Å². The molecule has 2 heterocycles. The van der Waals surface area contributed by atoms with Crippen molar-refractivity contribution in [2.75, 3.05) is 19.6 Å². The monoisotopic (exact) mass is 350 g/mol. The lowest BCUT2D eigenvalue weighted by atomic mass is 10.1. The van der Waals surface area contributed by atoms with Gasteiger partial charge in [-0.15, -0.1) is 0 Å². The molecule has 1 atom stereocenters. The van der Waals surface area contributed by atoms with Gasteiger partial charge in [0.1, 0.15) is 0 Å². The van der Waals surface area contributed by atoms with Gasteiger partial charge in [0.15, 0.2) is 0 Å². The first kappa shape index (κ1) is 14.6. The van der Waals surface area contributed by atoms with E-state index in [1.807, 2.05) is 29.2 Å². The van der Waals surface area contributed by atoms with Gasteiger partial charge in [0.05, 0.1) is 5.92 Å². The Bertz CT molecular complexity index is 555. The average molecular weight is 351 g/mol. The Morgan fingerprint density at radius 3 is 2.76 bits per heavy atom. The molecule has 4 nitrogen and oxygen atoms in total. The average Bonchev–Trinajstić information content (AvgIpc) is 3.09. The molecular weight excluding hydrogens is 332 g/mol. The van der Waals surface area contributed by atoms with Crippen LogP contribution < -0.4 is 0 Å². The topological polar surface area (TPSA) is 40.6 Å². The van der Waals surface area contributed by atoms with Crippen LogP contribution in [0.15, 0.2) is 28.7 Å². The van der Waals surface area contributed by atoms with Crippen molar-refractivity contribution >= 4 is 27.7 Å². The predicted molar refractivity (Wildman–Crippen MR) is 83.5 cm³/mol. The van der Waals surface area contributed by atoms with Gasteiger partial charge >= 0.3 is 0 Å². The molecule has 2 saturated heterocycles. The lowest BCUT2D eigenvalue weighted by molar-refractivity contribution is -0.134. The Morgan fingerprint density at radius 1 is 1.29 bits per heavy atom. The molecule has 1 unspecified atom stereocenters. The van der Waals surface area contributed by atoms with Crippen LogP contribution in [0, 0.1) is 5.92 Å². The quantitative estimate of drug-likeness (QED) is 0.839. The van der Waals surface area contributed by atoms with Gasteiger partial charge in [-0.25, -0.2) is 0 Å². The van der Waals surface area contributed by atoms with Gasteiger partial charge in [-0.05, 0) is 30.5 Å². The molecule has 3 rings (SSSR count). The van der Waals surface area contributed by atoms with Crippen LogP contribution in [0.1, 0.15) is 24.8 Å². The summed E-state index contributed by atoms with van der Waals surface area (Å²) >= 11 is 3.44. The molecule has 1 aromatic carbocycles. The minimum absolute atomic E-state index is 0.0903. The van der Waals surface area contributed by atoms with Gasteiger partial charge in [-0.2, -0.15) is 0 Å². The molecule has 2 aliphatic rings. The van der Waals surface area contributed by atoms with Crippen LogP contribution >= 0.6 is 15.9 Å². The van der Waals surface area contributed by atoms with Gasteiger partial charge in [0.2, 0.25) is 11.8 Å². The van der Waals surface area contributed by atoms with Crippen LogP contribution in [0.2, 0.25) is 0 Å². The molecule has 21 heavy (non-hydrogen) atoms. The van der Waals surface area contributed by atoms with Crippen molar-refractivity contribution in [1.82, 2.24) is 9.80 Å². The zero-order chi connectivity index (χ0) is 14.8. The van der Waals surface area contributed by atoms with E-state index in [2.05, 4.69) is 15.9 Å². The Hall–Kier alpha value is -1.36. The number of hydrogen-bond donors (Lipinski definition) is 0. The maximum atomic E-state index is 12.4. The molecule has 1 aromatic rings. The normalized spacial score (nSPS) is 22.1. The van der Waals surface area contributed by atoms with Crippen LogP contribution in [0.4, 0.5) is 0 Å². The van der Waals surface area contributed by atoms with Crippen LogP contribution in [0.3, 0.4) is 0 Å². The first-order valence-corrected chi connectivity index (χ1v) is 8.24. The van der Waals surface area contributed by atoms with E-state index >= 15 is 0 Å². The molecule has 5 heteroatoms. The lowest BCUT2D eigenvalue weighted by Gasteiger charge is -2.20. The molecule has 0 radical (unpaired) electrons. The van der Waals surface area contributed by atoms with Crippen molar-refractivity contribution in [3.8, 4) is 0 Å². The number of carbonyl (C=O) groups excluding carboxylic acids is 2. The number of rotatable bonds is 3. The second kappa shape index (κ2) is 6.18. The van der Waals surface area contributed by atoms with Gasteiger partial charge < -0.3 is 9.80 Å². The molecule has 0 saturated carbocycles. The minimum Gasteiger partial charge on any atom is -0.342 e. The fraction of sp³-hybridized carbons (Fsp3) is 0.500. The van der Waals surface area contributed by atoms with Crippen molar-refractivity contribution in [3.63, 3.8) is 0 Å². The van der Waals surface area contributed by atoms with Crippen molar-refractivity contribution < 1.29 is 9.59 Å². The summed E-state index contributed by atoms with van der Waals surface area (Å²) in [6, 6.07) is 7.96. The van der Waals surface area contributed by atoms with Gasteiger partial charge in [-0.1, -0.05) is 28.1 Å². The number of benzene rings is 1. The van der Waals surface area contributed by atoms with Gasteiger partial charge in [0.25, 0.3) is 0 Å². The number of likely N-dealkylation sites (tertiary alicyclic amines) is 2. The van der Waals surface area contributed by atoms with Gasteiger partial charge in [0, 0.05) is 37.1 Å². The van der Waals surface area contributed by atoms with Crippen LogP contribution in [-0.4, -0.2) is 41.2 Å². The van der Waals surface area contributed by atoms with E-state index < -0.39 is 0 Å². The Morgan fingerprint density at radius 2 is 2.05 bits per heavy atom. The Balaban J connectivity index is 1.63. The molecule has 0 bridgehead atoms. The van der Waals surface area contributed by atoms with E-state index in [0.717, 1.165) is 36.0 Å². The largest absolute Gasteiger partial charge is 0.342 e. The van der Waals surface area contributed by atoms with E-state index in [-0.39, 0.29) is 17.7 Å². The molecule has 2 fully saturated rings. The smallest absolute Gasteiger partial charge is 0.227 e. The highest BCUT2D eigenvalue weighted by Crippen LogP contribution is 2.24. The number of nitrogens with zero attached hydrogens (tertiary/aromatic N) is 2. The molecule has 2 aliphatic heterocycles. The second-order valence-corrected chi connectivity index (χ2v) is 6.75. The second-order valence-electron chi connectivity index (χ2n) is 5.84. The fourth-order valence-electron chi connectivity index (χ4n) is 3.14. The first-order chi connectivity index (χ1) is 10.1. The predicted octanol–water partition coefficient (Wildman–Crippen LogP) is 2.42. The van der Waals surface area contributed by atoms with E-state index in [4.69, 9.17) is 0 Å². The Labute approximate surface area is 133 Å². The third-order valence-corrected chi connectivity index (χ3v) is 4.74. The molecule has 0 N–H and O–H groups in total. The summed E-state index contributed by atoms with van der Waals surface area (Å²) in [7, 11) is 0. The number of carbonyl (C=O) groups is 2. The van der Waals surface area contributed by atoms with E-state index in [1.165, 1.54) is 0 Å². The standard InChI is InChI=1S/C16H19BrN2O2/c17-14-5-3-4-12(8-14)10-19-11-13(9-15(19)20)16(21)18-6-1-2-7-18/h3-5,8,13H,1-2,6-7,9-11H2. The molecule has 0 spiro atoms. The van der Waals surface area contributed by atoms with Gasteiger partial charge in [-0.3, -0.25) is 9.59 Å². The number of hydrogen-bond acceptors (Lipinski definition) is 2. The summed E-state index contributed by atoms with van der Waals surface area (Å²) in [6.45, 7) is 2.85. The lowest BCUT2D eigenvalue weighted by Crippen LogP contribution is -2.35. The van der Waals surface area contributed by atoms with Crippen molar-refractivity contribution in [2.45, 2.75) is 25.8 Å². The summed E-state index contributed by atoms with van der Waals surface area (Å²) in [6.07, 6.45) is 2.55. The zero-order valence-corrected chi connectivity index (χ0v) is 13.5. The third-order valence-electron chi connectivity index (χ3n) is 4.24. The first-order valence-electron chi connectivity index (χ1n) is 7.44. The summed E-state index contributed by atoms with van der Waals surface area (Å²) in [5.41, 5.74) is 1.09. The maximum absolute atomic E-state index is 12.4. The van der Waals surface area contributed by atoms with Crippen LogP contribution in [0.5, 0.6) is 0 Å². The zero-order valence-electron chi connectivity index (χ0n) is 11.9. The highest BCUT2D eigenvalue weighted by atomic mass is 79.9. The number of halogens is 1. The highest BCUT2D eigenvalue weighted by Gasteiger charge is 2.36. The van der Waals surface area contributed by atoms with Crippen molar-refractivity contribution in [1.29, 1.82) is 0 Å². The van der Waals surface area contributed by atoms with Crippen LogP contribution in [0.25, 0.3) is 0 Å². The highest BCUT2D eigenvalue weighted by molar-refractivity contribution is 9.10. The number of amides is 2. The molecule has 0 aliphatic carbocycles. The summed E-state index contributed by atoms with van der Waals surface area (Å²) in [4.78, 5) is 28.2. The summed E-state index contributed by atoms with van der Waals surface area (Å²) in [5, 5.41) is 0. The molecule has 0 aromatic heterocycles. The minimum atomic E-state index is -0.150. The summed E-state index contributed by atoms with van der Waals surface area (Å²) < 4.78 is 1.01. The van der Waals surface area contributed by atoms with E-state index in [1.54, 1.807) is 4.90 Å². The maximum Gasteiger partial charge on any atom is 0.227 e. The summed E-state index contributed by atoms with van der Waals surface area (Å²) in [5.74, 6) is 0.105. The van der Waals surface area contributed by atoms with Crippen LogP contribution in [-0.2, 0) is 16.1 Å². The third kappa shape index (κ3) is 3.28. The Kier molecular flexibility index (Phi) is 4.29. The molecule has 112 valence electrons. The fourth-order valence-corrected chi connectivity index (χ4v) is 3.59. The molecule has 2 amide bonds.